The summed E-state index contributed by atoms with van der Waals surface area (Å²) in [4.78, 5) is 40.3. The highest BCUT2D eigenvalue weighted by Gasteiger charge is 2.34. The van der Waals surface area contributed by atoms with Gasteiger partial charge in [-0.15, -0.1) is 0 Å². The maximum atomic E-state index is 12.9. The largest absolute Gasteiger partial charge is 0.332 e. The minimum atomic E-state index is -0.424. The van der Waals surface area contributed by atoms with Crippen LogP contribution in [0.1, 0.15) is 21.9 Å². The molecule has 7 nitrogen and oxygen atoms in total. The zero-order valence-corrected chi connectivity index (χ0v) is 15.7. The number of hydrogen-bond donors (Lipinski definition) is 2. The van der Waals surface area contributed by atoms with Gasteiger partial charge in [-0.3, -0.25) is 23.7 Å². The van der Waals surface area contributed by atoms with E-state index in [1.54, 1.807) is 7.05 Å². The highest BCUT2D eigenvalue weighted by Crippen LogP contribution is 2.43. The molecular formula is C16H13BrN4O3S. The number of H-pyrrole nitrogens is 1. The molecule has 1 aromatic carbocycles. The van der Waals surface area contributed by atoms with E-state index in [0.29, 0.717) is 17.2 Å². The Hall–Kier alpha value is -2.39. The van der Waals surface area contributed by atoms with Gasteiger partial charge in [0.1, 0.15) is 11.6 Å². The summed E-state index contributed by atoms with van der Waals surface area (Å²) >= 11 is 4.47. The Labute approximate surface area is 153 Å². The Balaban J connectivity index is 2.11. The number of anilines is 2. The highest BCUT2D eigenvalue weighted by molar-refractivity contribution is 9.10. The third-order valence-electron chi connectivity index (χ3n) is 4.37. The van der Waals surface area contributed by atoms with E-state index in [1.165, 1.54) is 11.6 Å². The number of benzene rings is 1. The number of nitrogens with zero attached hydrogens (tertiary/aromatic N) is 2. The molecule has 0 saturated heterocycles. The average molecular weight is 421 g/mol. The highest BCUT2D eigenvalue weighted by atomic mass is 79.9. The van der Waals surface area contributed by atoms with Gasteiger partial charge in [-0.25, -0.2) is 4.79 Å². The first kappa shape index (κ1) is 16.1. The van der Waals surface area contributed by atoms with Crippen LogP contribution in [0.4, 0.5) is 11.6 Å². The lowest BCUT2D eigenvalue weighted by Gasteiger charge is -2.27. The lowest BCUT2D eigenvalue weighted by molar-refractivity contribution is 0.668. The van der Waals surface area contributed by atoms with Crippen LogP contribution in [0.2, 0.25) is 0 Å². The van der Waals surface area contributed by atoms with Gasteiger partial charge < -0.3 is 5.32 Å². The number of nitrogens with one attached hydrogen (secondary N) is 2. The lowest BCUT2D eigenvalue weighted by Crippen LogP contribution is -2.42. The van der Waals surface area contributed by atoms with Crippen molar-refractivity contribution in [1.29, 1.82) is 0 Å². The summed E-state index contributed by atoms with van der Waals surface area (Å²) in [5, 5.41) is 3.04. The van der Waals surface area contributed by atoms with Crippen LogP contribution in [-0.4, -0.2) is 14.1 Å². The molecule has 0 amide bonds. The van der Waals surface area contributed by atoms with Crippen LogP contribution in [0.15, 0.2) is 43.1 Å². The van der Waals surface area contributed by atoms with Crippen molar-refractivity contribution in [1.82, 2.24) is 14.1 Å². The van der Waals surface area contributed by atoms with Crippen molar-refractivity contribution < 1.29 is 0 Å². The molecule has 3 aromatic rings. The molecule has 2 N–H and O–H groups in total. The number of hydrogen-bond acceptors (Lipinski definition) is 5. The molecule has 1 atom stereocenters. The molecule has 9 heteroatoms. The van der Waals surface area contributed by atoms with E-state index in [-0.39, 0.29) is 10.4 Å². The second-order valence-electron chi connectivity index (χ2n) is 5.83. The third kappa shape index (κ3) is 2.34. The van der Waals surface area contributed by atoms with Crippen molar-refractivity contribution in [2.45, 2.75) is 5.92 Å². The predicted octanol–water partition coefficient (Wildman–Crippen LogP) is 1.83. The van der Waals surface area contributed by atoms with Crippen molar-refractivity contribution in [3.63, 3.8) is 0 Å². The Morgan fingerprint density at radius 3 is 2.44 bits per heavy atom. The minimum absolute atomic E-state index is 0.214. The topological polar surface area (TPSA) is 88.9 Å². The molecule has 1 aliphatic heterocycles. The summed E-state index contributed by atoms with van der Waals surface area (Å²) in [5.74, 6) is 0.509. The molecule has 2 aromatic heterocycles. The normalized spacial score (nSPS) is 15.4. The zero-order valence-electron chi connectivity index (χ0n) is 13.3. The minimum Gasteiger partial charge on any atom is -0.326 e. The van der Waals surface area contributed by atoms with Crippen molar-refractivity contribution in [3.05, 3.63) is 75.2 Å². The molecule has 0 aliphatic carbocycles. The van der Waals surface area contributed by atoms with Crippen LogP contribution in [-0.2, 0) is 14.1 Å². The summed E-state index contributed by atoms with van der Waals surface area (Å²) < 4.78 is 3.40. The average Bonchev–Trinajstić information content (AvgIpc) is 2.97. The van der Waals surface area contributed by atoms with Gasteiger partial charge in [-0.1, -0.05) is 39.4 Å². The van der Waals surface area contributed by atoms with E-state index >= 15 is 0 Å². The molecule has 1 aliphatic rings. The van der Waals surface area contributed by atoms with E-state index in [2.05, 4.69) is 26.2 Å². The molecule has 0 bridgehead atoms. The molecule has 0 radical (unpaired) electrons. The molecule has 0 saturated carbocycles. The van der Waals surface area contributed by atoms with Crippen LogP contribution < -0.4 is 21.4 Å². The quantitative estimate of drug-likeness (QED) is 0.491. The Bertz CT molecular complexity index is 1170. The number of aromatic amines is 1. The molecule has 1 unspecified atom stereocenters. The van der Waals surface area contributed by atoms with Crippen molar-refractivity contribution in [2.24, 2.45) is 14.1 Å². The summed E-state index contributed by atoms with van der Waals surface area (Å²) in [6.45, 7) is 0. The van der Waals surface area contributed by atoms with Crippen molar-refractivity contribution >= 4 is 38.9 Å². The van der Waals surface area contributed by atoms with Gasteiger partial charge >= 0.3 is 10.6 Å². The number of fused-ring (bicyclic) bond motifs is 2. The molecule has 0 fully saturated rings. The van der Waals surface area contributed by atoms with Gasteiger partial charge in [-0.05, 0) is 17.7 Å². The summed E-state index contributed by atoms with van der Waals surface area (Å²) in [6, 6.07) is 7.59. The van der Waals surface area contributed by atoms with Crippen LogP contribution >= 0.6 is 27.3 Å². The maximum absolute atomic E-state index is 12.9. The van der Waals surface area contributed by atoms with Crippen LogP contribution in [0.25, 0.3) is 0 Å². The van der Waals surface area contributed by atoms with E-state index in [1.807, 2.05) is 24.3 Å². The second-order valence-corrected chi connectivity index (χ2v) is 7.76. The Morgan fingerprint density at radius 2 is 1.76 bits per heavy atom. The van der Waals surface area contributed by atoms with E-state index in [9.17, 15) is 14.4 Å². The fraction of sp³-hybridized carbons (Fsp3) is 0.188. The summed E-state index contributed by atoms with van der Waals surface area (Å²) in [5.41, 5.74) is 0.532. The van der Waals surface area contributed by atoms with Crippen LogP contribution in [0.5, 0.6) is 0 Å². The third-order valence-corrected chi connectivity index (χ3v) is 5.85. The van der Waals surface area contributed by atoms with Gasteiger partial charge in [0.2, 0.25) is 0 Å². The molecule has 4 rings (SSSR count). The summed E-state index contributed by atoms with van der Waals surface area (Å²) in [7, 11) is 3.06. The first-order valence-corrected chi connectivity index (χ1v) is 9.05. The van der Waals surface area contributed by atoms with Gasteiger partial charge in [0.25, 0.3) is 5.56 Å². The van der Waals surface area contributed by atoms with Crippen molar-refractivity contribution in [2.75, 3.05) is 5.32 Å². The first-order chi connectivity index (χ1) is 11.9. The number of aromatic nitrogens is 3. The standard InChI is InChI=1S/C16H13BrN4O3S/c1-20-13-10(14(22)21(2)16(20)24)9(7-3-5-8(17)6-4-7)11-12(18-13)19-15(23)25-11/h3-6,9,18H,1-2H3,(H,19,23). The Morgan fingerprint density at radius 1 is 1.08 bits per heavy atom. The summed E-state index contributed by atoms with van der Waals surface area (Å²) in [6.07, 6.45) is 0. The maximum Gasteiger partial charge on any atom is 0.332 e. The van der Waals surface area contributed by atoms with E-state index in [4.69, 9.17) is 0 Å². The van der Waals surface area contributed by atoms with Gasteiger partial charge in [0.05, 0.1) is 16.4 Å². The Kier molecular flexibility index (Phi) is 3.58. The van der Waals surface area contributed by atoms with Crippen LogP contribution in [0, 0.1) is 0 Å². The zero-order chi connectivity index (χ0) is 17.9. The monoisotopic (exact) mass is 420 g/mol. The number of thiazole rings is 1. The van der Waals surface area contributed by atoms with Crippen LogP contribution in [0.3, 0.4) is 0 Å². The van der Waals surface area contributed by atoms with Crippen molar-refractivity contribution in [3.8, 4) is 0 Å². The first-order valence-electron chi connectivity index (χ1n) is 7.44. The van der Waals surface area contributed by atoms with Gasteiger partial charge in [0, 0.05) is 18.6 Å². The van der Waals surface area contributed by atoms with Gasteiger partial charge in [0.15, 0.2) is 0 Å². The molecule has 128 valence electrons. The fourth-order valence-electron chi connectivity index (χ4n) is 3.14. The number of rotatable bonds is 1. The predicted molar refractivity (Wildman–Crippen MR) is 100 cm³/mol. The smallest absolute Gasteiger partial charge is 0.326 e. The van der Waals surface area contributed by atoms with Gasteiger partial charge in [-0.2, -0.15) is 0 Å². The molecule has 3 heterocycles. The second kappa shape index (κ2) is 5.57. The lowest BCUT2D eigenvalue weighted by atomic mass is 9.88. The fourth-order valence-corrected chi connectivity index (χ4v) is 4.33. The molecular weight excluding hydrogens is 408 g/mol. The number of halogens is 1. The SMILES string of the molecule is Cn1c2c(c(=O)n(C)c1=O)C(c1ccc(Br)cc1)c1sc(=O)[nH]c1N2. The molecule has 0 spiro atoms. The molecule has 25 heavy (non-hydrogen) atoms. The van der Waals surface area contributed by atoms with E-state index < -0.39 is 11.6 Å². The van der Waals surface area contributed by atoms with E-state index in [0.717, 1.165) is 30.8 Å².